The number of hydrogen-bond acceptors (Lipinski definition) is 5. The molecular weight excluding hydrogens is 463 g/mol. The second kappa shape index (κ2) is 7.84. The minimum Gasteiger partial charge on any atom is -0.311 e. The molecule has 148 valence electrons. The summed E-state index contributed by atoms with van der Waals surface area (Å²) in [6.45, 7) is 0.812. The second-order valence-electron chi connectivity index (χ2n) is 6.39. The van der Waals surface area contributed by atoms with Crippen LogP contribution >= 0.6 is 46.1 Å². The number of sulfonamides is 1. The molecule has 28 heavy (non-hydrogen) atoms. The van der Waals surface area contributed by atoms with Crippen molar-refractivity contribution < 1.29 is 8.42 Å². The lowest BCUT2D eigenvalue weighted by atomic mass is 10.2. The molecule has 0 unspecified atom stereocenters. The lowest BCUT2D eigenvalue weighted by Crippen LogP contribution is -2.12. The smallest absolute Gasteiger partial charge is 0.264 e. The third-order valence-electron chi connectivity index (χ3n) is 4.48. The van der Waals surface area contributed by atoms with Gasteiger partial charge in [0, 0.05) is 24.2 Å². The summed E-state index contributed by atoms with van der Waals surface area (Å²) in [6.07, 6.45) is 4.13. The number of nitrogens with zero attached hydrogens (tertiary/aromatic N) is 3. The van der Waals surface area contributed by atoms with E-state index in [1.165, 1.54) is 6.07 Å². The number of benzene rings is 1. The molecule has 0 saturated heterocycles. The summed E-state index contributed by atoms with van der Waals surface area (Å²) in [5.74, 6) is 1.56. The zero-order valence-corrected chi connectivity index (χ0v) is 18.4. The predicted molar refractivity (Wildman–Crippen MR) is 113 cm³/mol. The van der Waals surface area contributed by atoms with Gasteiger partial charge in [-0.2, -0.15) is 0 Å². The second-order valence-corrected chi connectivity index (χ2v) is 10.7. The van der Waals surface area contributed by atoms with Crippen LogP contribution in [-0.2, 0) is 23.0 Å². The number of fused-ring (bicyclic) bond motifs is 1. The fourth-order valence-electron chi connectivity index (χ4n) is 3.16. The van der Waals surface area contributed by atoms with Gasteiger partial charge in [-0.15, -0.1) is 21.5 Å². The first-order valence-electron chi connectivity index (χ1n) is 8.55. The molecule has 1 N–H and O–H groups in total. The Balaban J connectivity index is 1.71. The van der Waals surface area contributed by atoms with Gasteiger partial charge in [-0.1, -0.05) is 41.2 Å². The monoisotopic (exact) mass is 476 g/mol. The van der Waals surface area contributed by atoms with Gasteiger partial charge in [0.1, 0.15) is 15.1 Å². The van der Waals surface area contributed by atoms with E-state index >= 15 is 0 Å². The van der Waals surface area contributed by atoms with Gasteiger partial charge in [-0.25, -0.2) is 8.42 Å². The molecule has 0 aliphatic carbocycles. The van der Waals surface area contributed by atoms with Crippen molar-refractivity contribution in [1.29, 1.82) is 0 Å². The van der Waals surface area contributed by atoms with E-state index in [4.69, 9.17) is 34.8 Å². The average Bonchev–Trinajstić information content (AvgIpc) is 3.11. The molecule has 0 atom stereocenters. The van der Waals surface area contributed by atoms with Crippen LogP contribution in [0.3, 0.4) is 0 Å². The first kappa shape index (κ1) is 20.0. The molecule has 1 aromatic carbocycles. The highest BCUT2D eigenvalue weighted by Gasteiger charge is 2.23. The third-order valence-corrected chi connectivity index (χ3v) is 7.95. The summed E-state index contributed by atoms with van der Waals surface area (Å²) in [5, 5.41) is 9.05. The molecule has 1 aliphatic rings. The molecule has 0 bridgehead atoms. The standard InChI is InChI=1S/C17H15Cl3N4O2S2/c18-12-6-5-10(23-28(25,26)13-9-14(19)27-16(13)20)8-11(12)17-22-21-15-4-2-1-3-7-24(15)17/h5-6,8-9,23H,1-4,7H2. The summed E-state index contributed by atoms with van der Waals surface area (Å²) >= 11 is 19.3. The predicted octanol–water partition coefficient (Wildman–Crippen LogP) is 5.49. The van der Waals surface area contributed by atoms with Crippen molar-refractivity contribution in [1.82, 2.24) is 14.8 Å². The first-order chi connectivity index (χ1) is 13.3. The van der Waals surface area contributed by atoms with E-state index in [1.54, 1.807) is 18.2 Å². The maximum atomic E-state index is 12.7. The van der Waals surface area contributed by atoms with Crippen LogP contribution in [0.5, 0.6) is 0 Å². The highest BCUT2D eigenvalue weighted by Crippen LogP contribution is 2.36. The average molecular weight is 478 g/mol. The fraction of sp³-hybridized carbons (Fsp3) is 0.294. The number of nitrogens with one attached hydrogen (secondary N) is 1. The van der Waals surface area contributed by atoms with Gasteiger partial charge in [0.15, 0.2) is 5.82 Å². The maximum Gasteiger partial charge on any atom is 0.264 e. The highest BCUT2D eigenvalue weighted by molar-refractivity contribution is 7.93. The Labute approximate surface area is 181 Å². The Hall–Kier alpha value is -1.32. The van der Waals surface area contributed by atoms with Crippen molar-refractivity contribution in [2.45, 2.75) is 37.1 Å². The van der Waals surface area contributed by atoms with E-state index < -0.39 is 10.0 Å². The lowest BCUT2D eigenvalue weighted by Gasteiger charge is -2.12. The molecule has 0 fully saturated rings. The van der Waals surface area contributed by atoms with E-state index in [0.29, 0.717) is 26.4 Å². The van der Waals surface area contributed by atoms with Crippen LogP contribution in [0.2, 0.25) is 13.7 Å². The van der Waals surface area contributed by atoms with Crippen molar-refractivity contribution in [2.75, 3.05) is 4.72 Å². The number of hydrogen-bond donors (Lipinski definition) is 1. The molecule has 0 saturated carbocycles. The van der Waals surface area contributed by atoms with E-state index in [9.17, 15) is 8.42 Å². The number of rotatable bonds is 4. The SMILES string of the molecule is O=S(=O)(Nc1ccc(Cl)c(-c2nnc3n2CCCCC3)c1)c1cc(Cl)sc1Cl. The molecule has 11 heteroatoms. The Morgan fingerprint density at radius 2 is 1.89 bits per heavy atom. The summed E-state index contributed by atoms with van der Waals surface area (Å²) in [7, 11) is -3.89. The number of aromatic nitrogens is 3. The number of aryl methyl sites for hydroxylation is 1. The normalized spacial score (nSPS) is 14.5. The maximum absolute atomic E-state index is 12.7. The van der Waals surface area contributed by atoms with Gasteiger partial charge in [0.2, 0.25) is 0 Å². The minimum atomic E-state index is -3.89. The molecule has 3 heterocycles. The van der Waals surface area contributed by atoms with Crippen LogP contribution in [0, 0.1) is 0 Å². The topological polar surface area (TPSA) is 76.9 Å². The molecule has 0 radical (unpaired) electrons. The van der Waals surface area contributed by atoms with Crippen LogP contribution in [0.25, 0.3) is 11.4 Å². The molecule has 3 aromatic rings. The van der Waals surface area contributed by atoms with Gasteiger partial charge >= 0.3 is 0 Å². The van der Waals surface area contributed by atoms with Crippen LogP contribution in [-0.4, -0.2) is 23.2 Å². The van der Waals surface area contributed by atoms with E-state index in [1.807, 2.05) is 0 Å². The van der Waals surface area contributed by atoms with E-state index in [0.717, 1.165) is 49.4 Å². The summed E-state index contributed by atoms with van der Waals surface area (Å²) in [5.41, 5.74) is 0.973. The van der Waals surface area contributed by atoms with Crippen molar-refractivity contribution in [3.63, 3.8) is 0 Å². The Kier molecular flexibility index (Phi) is 5.59. The van der Waals surface area contributed by atoms with Crippen molar-refractivity contribution in [3.05, 3.63) is 43.8 Å². The first-order valence-corrected chi connectivity index (χ1v) is 12.0. The van der Waals surface area contributed by atoms with E-state index in [2.05, 4.69) is 19.5 Å². The number of thiophene rings is 1. The molecule has 0 amide bonds. The molecule has 1 aliphatic heterocycles. The zero-order chi connectivity index (χ0) is 19.9. The number of anilines is 1. The van der Waals surface area contributed by atoms with Gasteiger partial charge < -0.3 is 4.57 Å². The summed E-state index contributed by atoms with van der Waals surface area (Å²) < 4.78 is 30.4. The summed E-state index contributed by atoms with van der Waals surface area (Å²) in [4.78, 5) is -0.0583. The largest absolute Gasteiger partial charge is 0.311 e. The fourth-order valence-corrected chi connectivity index (χ4v) is 6.57. The van der Waals surface area contributed by atoms with Gasteiger partial charge in [-0.05, 0) is 37.1 Å². The van der Waals surface area contributed by atoms with Crippen molar-refractivity contribution >= 4 is 61.9 Å². The summed E-state index contributed by atoms with van der Waals surface area (Å²) in [6, 6.07) is 6.20. The Morgan fingerprint density at radius 1 is 1.07 bits per heavy atom. The highest BCUT2D eigenvalue weighted by atomic mass is 35.5. The van der Waals surface area contributed by atoms with Crippen LogP contribution < -0.4 is 4.72 Å². The molecule has 6 nitrogen and oxygen atoms in total. The van der Waals surface area contributed by atoms with Gasteiger partial charge in [0.25, 0.3) is 10.0 Å². The van der Waals surface area contributed by atoms with Crippen LogP contribution in [0.15, 0.2) is 29.2 Å². The van der Waals surface area contributed by atoms with Crippen molar-refractivity contribution in [3.8, 4) is 11.4 Å². The number of halogens is 3. The molecule has 4 rings (SSSR count). The molecule has 2 aromatic heterocycles. The van der Waals surface area contributed by atoms with Gasteiger partial charge in [0.05, 0.1) is 9.36 Å². The van der Waals surface area contributed by atoms with E-state index in [-0.39, 0.29) is 9.23 Å². The van der Waals surface area contributed by atoms with Crippen molar-refractivity contribution in [2.24, 2.45) is 0 Å². The quantitative estimate of drug-likeness (QED) is 0.539. The third kappa shape index (κ3) is 3.89. The van der Waals surface area contributed by atoms with Gasteiger partial charge in [-0.3, -0.25) is 4.72 Å². The Morgan fingerprint density at radius 3 is 2.64 bits per heavy atom. The molecular formula is C17H15Cl3N4O2S2. The molecule has 0 spiro atoms. The minimum absolute atomic E-state index is 0.0583. The Bertz CT molecular complexity index is 1140. The van der Waals surface area contributed by atoms with Crippen LogP contribution in [0.4, 0.5) is 5.69 Å². The zero-order valence-electron chi connectivity index (χ0n) is 14.5. The van der Waals surface area contributed by atoms with Crippen LogP contribution in [0.1, 0.15) is 25.1 Å². The lowest BCUT2D eigenvalue weighted by molar-refractivity contribution is 0.601.